The maximum absolute atomic E-state index is 13.7. The molecule has 15 nitrogen and oxygen atoms in total. The van der Waals surface area contributed by atoms with Crippen LogP contribution in [0.15, 0.2) is 47.5 Å². The Morgan fingerprint density at radius 1 is 1.17 bits per heavy atom. The average Bonchev–Trinajstić information content (AvgIpc) is 3.31. The third kappa shape index (κ3) is 4.52. The van der Waals surface area contributed by atoms with Gasteiger partial charge < -0.3 is 25.8 Å². The molecule has 2 amide bonds. The maximum atomic E-state index is 13.7. The minimum absolute atomic E-state index is 0.0412. The van der Waals surface area contributed by atoms with Gasteiger partial charge in [0.2, 0.25) is 11.8 Å². The highest BCUT2D eigenvalue weighted by atomic mass is 16.5. The molecule has 0 bridgehead atoms. The first-order valence-corrected chi connectivity index (χ1v) is 14.7. The number of hydrogen-bond donors (Lipinski definition) is 3. The highest BCUT2D eigenvalue weighted by Crippen LogP contribution is 2.51. The van der Waals surface area contributed by atoms with Crippen molar-refractivity contribution in [2.75, 3.05) is 19.5 Å². The van der Waals surface area contributed by atoms with Crippen LogP contribution in [-0.2, 0) is 22.0 Å². The molecule has 2 aliphatic carbocycles. The molecule has 0 aliphatic heterocycles. The molecular formula is C31H34N10O5. The number of pyridine rings is 3. The standard InChI is InChI=1S/C31H34N10O5/c1-16-14-31(16,28(32)42)41-26-19(25(38-41)20-6-5-11-33-27(20)45-3)9-10-23(37-26)36-24-13-21-22(15-34-24)39(2)30(44)40(21)18-8-7-17(12-18)35-29(43)46-4/h5-6,9-11,13,15-18H,7-8,12,14H2,1-4H3,(H2,32,42)(H,35,43)(H,34,36,37)/i2D3,17D. The van der Waals surface area contributed by atoms with Gasteiger partial charge in [0.1, 0.15) is 22.9 Å². The lowest BCUT2D eigenvalue weighted by atomic mass is 10.1. The lowest BCUT2D eigenvalue weighted by molar-refractivity contribution is -0.123. The summed E-state index contributed by atoms with van der Waals surface area (Å²) in [4.78, 5) is 51.9. The molecule has 0 saturated heterocycles. The van der Waals surface area contributed by atoms with E-state index in [1.807, 2.05) is 13.0 Å². The summed E-state index contributed by atoms with van der Waals surface area (Å²) in [6, 6.07) is 6.57. The number of rotatable bonds is 8. The summed E-state index contributed by atoms with van der Waals surface area (Å²) < 4.78 is 46.7. The number of nitrogens with zero attached hydrogens (tertiary/aromatic N) is 7. The van der Waals surface area contributed by atoms with E-state index in [-0.39, 0.29) is 35.6 Å². The topological polar surface area (TPSA) is 186 Å². The fraction of sp³-hybridized carbons (Fsp3) is 0.387. The minimum Gasteiger partial charge on any atom is -0.481 e. The Bertz CT molecular complexity index is 2250. The number of ether oxygens (including phenoxy) is 2. The van der Waals surface area contributed by atoms with E-state index in [1.165, 1.54) is 25.0 Å². The first-order chi connectivity index (χ1) is 23.7. The van der Waals surface area contributed by atoms with Crippen LogP contribution in [0.4, 0.5) is 16.4 Å². The monoisotopic (exact) mass is 630 g/mol. The molecule has 15 heteroatoms. The molecule has 5 heterocycles. The van der Waals surface area contributed by atoms with E-state index in [0.29, 0.717) is 51.4 Å². The third-order valence-corrected chi connectivity index (χ3v) is 8.93. The van der Waals surface area contributed by atoms with Crippen molar-refractivity contribution < 1.29 is 24.5 Å². The molecule has 4 N–H and O–H groups in total. The highest BCUT2D eigenvalue weighted by Gasteiger charge is 2.60. The maximum Gasteiger partial charge on any atom is 0.407 e. The lowest BCUT2D eigenvalue weighted by Gasteiger charge is -2.15. The van der Waals surface area contributed by atoms with Gasteiger partial charge in [-0.05, 0) is 55.9 Å². The lowest BCUT2D eigenvalue weighted by Crippen LogP contribution is -2.36. The Labute approximate surface area is 268 Å². The fourth-order valence-electron chi connectivity index (χ4n) is 6.46. The molecule has 0 radical (unpaired) electrons. The zero-order chi connectivity index (χ0) is 35.7. The van der Waals surface area contributed by atoms with Crippen LogP contribution < -0.4 is 26.8 Å². The molecule has 0 aromatic carbocycles. The van der Waals surface area contributed by atoms with Crippen molar-refractivity contribution >= 4 is 45.7 Å². The number of hydrogen-bond acceptors (Lipinski definition) is 10. The number of aromatic nitrogens is 7. The van der Waals surface area contributed by atoms with Crippen LogP contribution in [0.1, 0.15) is 44.1 Å². The van der Waals surface area contributed by atoms with Gasteiger partial charge in [-0.2, -0.15) is 5.10 Å². The largest absolute Gasteiger partial charge is 0.481 e. The number of nitrogens with one attached hydrogen (secondary N) is 2. The van der Waals surface area contributed by atoms with E-state index in [0.717, 1.165) is 0 Å². The quantitative estimate of drug-likeness (QED) is 0.230. The van der Waals surface area contributed by atoms with E-state index in [1.54, 1.807) is 35.1 Å². The Kier molecular flexibility index (Phi) is 5.85. The van der Waals surface area contributed by atoms with Gasteiger partial charge in [0.05, 0.1) is 38.4 Å². The van der Waals surface area contributed by atoms with Gasteiger partial charge in [-0.25, -0.2) is 29.2 Å². The Morgan fingerprint density at radius 3 is 2.72 bits per heavy atom. The zero-order valence-electron chi connectivity index (χ0n) is 29.3. The summed E-state index contributed by atoms with van der Waals surface area (Å²) in [5.41, 5.74) is 5.88. The molecule has 0 spiro atoms. The van der Waals surface area contributed by atoms with Crippen LogP contribution in [0.3, 0.4) is 0 Å². The zero-order valence-corrected chi connectivity index (χ0v) is 25.3. The normalized spacial score (nSPS) is 25.4. The Morgan fingerprint density at radius 2 is 2.00 bits per heavy atom. The molecule has 4 atom stereocenters. The summed E-state index contributed by atoms with van der Waals surface area (Å²) in [5.74, 6) is 0.285. The molecule has 4 unspecified atom stereocenters. The number of carbonyl (C=O) groups excluding carboxylic acids is 2. The van der Waals surface area contributed by atoms with Gasteiger partial charge in [-0.15, -0.1) is 0 Å². The number of anilines is 2. The van der Waals surface area contributed by atoms with Crippen LogP contribution in [0.25, 0.3) is 33.3 Å². The van der Waals surface area contributed by atoms with E-state index in [4.69, 9.17) is 26.0 Å². The summed E-state index contributed by atoms with van der Waals surface area (Å²) in [6.07, 6.45) is 3.18. The molecule has 5 aromatic rings. The van der Waals surface area contributed by atoms with Crippen molar-refractivity contribution in [1.82, 2.24) is 39.2 Å². The van der Waals surface area contributed by atoms with Crippen molar-refractivity contribution in [2.45, 2.75) is 50.2 Å². The molecular weight excluding hydrogens is 592 g/mol. The predicted molar refractivity (Wildman–Crippen MR) is 169 cm³/mol. The van der Waals surface area contributed by atoms with Crippen molar-refractivity contribution in [2.24, 2.45) is 18.6 Å². The molecule has 46 heavy (non-hydrogen) atoms. The molecule has 5 aromatic heterocycles. The predicted octanol–water partition coefficient (Wildman–Crippen LogP) is 2.96. The van der Waals surface area contributed by atoms with Crippen LogP contribution in [0.2, 0.25) is 0 Å². The van der Waals surface area contributed by atoms with Crippen LogP contribution in [-0.4, -0.2) is 66.1 Å². The molecule has 238 valence electrons. The van der Waals surface area contributed by atoms with E-state index in [2.05, 4.69) is 25.3 Å². The van der Waals surface area contributed by atoms with Crippen LogP contribution >= 0.6 is 0 Å². The van der Waals surface area contributed by atoms with Gasteiger partial charge in [0.25, 0.3) is 0 Å². The SMILES string of the molecule is [2H]C1(NC(=O)OC)CCC(n2c(=O)n(C([2H])([2H])[2H])c3cnc(Nc4ccc5c(-c6cccnc6OC)nn(C6(C(N)=O)CC6C)c5n4)cc32)C1. The molecule has 7 rings (SSSR count). The first kappa shape index (κ1) is 24.8. The van der Waals surface area contributed by atoms with Gasteiger partial charge in [-0.1, -0.05) is 6.92 Å². The average molecular weight is 631 g/mol. The van der Waals surface area contributed by atoms with E-state index in [9.17, 15) is 14.4 Å². The summed E-state index contributed by atoms with van der Waals surface area (Å²) in [7, 11) is 2.70. The van der Waals surface area contributed by atoms with Crippen molar-refractivity contribution in [3.63, 3.8) is 0 Å². The number of imidazole rings is 1. The number of carbonyl (C=O) groups is 2. The summed E-state index contributed by atoms with van der Waals surface area (Å²) in [5, 5.41) is 11.1. The van der Waals surface area contributed by atoms with E-state index < -0.39 is 42.3 Å². The molecule has 2 saturated carbocycles. The Balaban J connectivity index is 1.32. The summed E-state index contributed by atoms with van der Waals surface area (Å²) in [6.45, 7) is -0.899. The number of alkyl carbamates (subject to hydrolysis) is 1. The number of amides is 2. The van der Waals surface area contributed by atoms with Crippen molar-refractivity contribution in [3.05, 3.63) is 53.2 Å². The smallest absolute Gasteiger partial charge is 0.407 e. The summed E-state index contributed by atoms with van der Waals surface area (Å²) >= 11 is 0. The van der Waals surface area contributed by atoms with Gasteiger partial charge >= 0.3 is 11.8 Å². The number of methoxy groups -OCH3 is 2. The molecule has 2 aliphatic rings. The van der Waals surface area contributed by atoms with E-state index >= 15 is 0 Å². The highest BCUT2D eigenvalue weighted by molar-refractivity contribution is 5.96. The second-order valence-corrected chi connectivity index (χ2v) is 11.6. The van der Waals surface area contributed by atoms with Gasteiger partial charge in [0.15, 0.2) is 5.65 Å². The number of aryl methyl sites for hydroxylation is 1. The van der Waals surface area contributed by atoms with Gasteiger partial charge in [0, 0.05) is 40.8 Å². The van der Waals surface area contributed by atoms with Gasteiger partial charge in [-0.3, -0.25) is 13.9 Å². The number of fused-ring (bicyclic) bond motifs is 2. The number of nitrogens with two attached hydrogens (primary N) is 1. The fourth-order valence-corrected chi connectivity index (χ4v) is 6.46. The van der Waals surface area contributed by atoms with Crippen LogP contribution in [0.5, 0.6) is 5.88 Å². The van der Waals surface area contributed by atoms with Crippen LogP contribution in [0, 0.1) is 5.92 Å². The Hall–Kier alpha value is -5.47. The number of primary amides is 1. The second kappa shape index (κ2) is 10.9. The second-order valence-electron chi connectivity index (χ2n) is 11.6. The minimum atomic E-state index is -2.81. The molecule has 2 fully saturated rings. The first-order valence-electron chi connectivity index (χ1n) is 16.7. The third-order valence-electron chi connectivity index (χ3n) is 8.93. The van der Waals surface area contributed by atoms with Crippen molar-refractivity contribution in [1.29, 1.82) is 0 Å². The van der Waals surface area contributed by atoms with Crippen molar-refractivity contribution in [3.8, 4) is 17.1 Å².